The topological polar surface area (TPSA) is 39.4 Å². The average molecular weight is 280 g/mol. The second kappa shape index (κ2) is 5.44. The van der Waals surface area contributed by atoms with Crippen molar-refractivity contribution in [3.8, 4) is 5.75 Å². The molecule has 0 unspecified atom stereocenters. The van der Waals surface area contributed by atoms with Crippen molar-refractivity contribution < 1.29 is 13.9 Å². The van der Waals surface area contributed by atoms with Crippen LogP contribution in [0.3, 0.4) is 0 Å². The molecular weight excluding hydrogens is 264 g/mol. The molecule has 2 aromatic carbocycles. The number of hydrogen-bond donors (Lipinski definition) is 0. The number of carbonyl (C=O) groups excluding carboxylic acids is 1. The van der Waals surface area contributed by atoms with Crippen molar-refractivity contribution in [2.75, 3.05) is 7.11 Å². The molecule has 1 aromatic heterocycles. The van der Waals surface area contributed by atoms with Gasteiger partial charge in [0.2, 0.25) is 5.78 Å². The van der Waals surface area contributed by atoms with E-state index in [2.05, 4.69) is 0 Å². The highest BCUT2D eigenvalue weighted by atomic mass is 16.5. The number of ether oxygens (including phenoxy) is 1. The van der Waals surface area contributed by atoms with Crippen LogP contribution in [0.5, 0.6) is 5.75 Å². The number of aryl methyl sites for hydroxylation is 1. The number of fused-ring (bicyclic) bond motifs is 1. The van der Waals surface area contributed by atoms with Gasteiger partial charge < -0.3 is 9.15 Å². The lowest BCUT2D eigenvalue weighted by atomic mass is 10.1. The van der Waals surface area contributed by atoms with E-state index < -0.39 is 0 Å². The largest absolute Gasteiger partial charge is 0.496 e. The van der Waals surface area contributed by atoms with Crippen molar-refractivity contribution in [3.63, 3.8) is 0 Å². The summed E-state index contributed by atoms with van der Waals surface area (Å²) >= 11 is 0. The maximum Gasteiger partial charge on any atom is 0.202 e. The van der Waals surface area contributed by atoms with Gasteiger partial charge in [0.25, 0.3) is 0 Å². The van der Waals surface area contributed by atoms with E-state index in [4.69, 9.17) is 9.15 Å². The van der Waals surface area contributed by atoms with E-state index in [1.165, 1.54) is 0 Å². The van der Waals surface area contributed by atoms with Crippen LogP contribution in [-0.4, -0.2) is 12.9 Å². The van der Waals surface area contributed by atoms with E-state index in [0.29, 0.717) is 5.76 Å². The molecular formula is C18H16O3. The van der Waals surface area contributed by atoms with Crippen LogP contribution in [0.1, 0.15) is 21.7 Å². The Hall–Kier alpha value is -2.55. The predicted octanol–water partition coefficient (Wildman–Crippen LogP) is 4.18. The maximum atomic E-state index is 12.4. The highest BCUT2D eigenvalue weighted by Crippen LogP contribution is 2.25. The van der Waals surface area contributed by atoms with Crippen LogP contribution < -0.4 is 4.74 Å². The second-order valence-corrected chi connectivity index (χ2v) is 5.02. The molecule has 0 atom stereocenters. The third-order valence-electron chi connectivity index (χ3n) is 3.56. The molecule has 0 saturated carbocycles. The van der Waals surface area contributed by atoms with Crippen molar-refractivity contribution in [2.45, 2.75) is 13.3 Å². The Kier molecular flexibility index (Phi) is 3.48. The summed E-state index contributed by atoms with van der Waals surface area (Å²) in [5.41, 5.74) is 2.67. The van der Waals surface area contributed by atoms with Crippen LogP contribution in [0.2, 0.25) is 0 Å². The quantitative estimate of drug-likeness (QED) is 0.673. The lowest BCUT2D eigenvalue weighted by molar-refractivity contribution is 0.0967. The second-order valence-electron chi connectivity index (χ2n) is 5.02. The molecule has 0 fully saturated rings. The predicted molar refractivity (Wildman–Crippen MR) is 82.0 cm³/mol. The molecule has 0 aliphatic heterocycles. The zero-order chi connectivity index (χ0) is 14.8. The number of Topliss-reactive ketones (excluding diaryl/α,β-unsaturated/α-hetero) is 1. The highest BCUT2D eigenvalue weighted by molar-refractivity contribution is 5.99. The molecule has 0 radical (unpaired) electrons. The molecule has 106 valence electrons. The molecule has 0 bridgehead atoms. The molecule has 1 heterocycles. The van der Waals surface area contributed by atoms with Gasteiger partial charge in [-0.05, 0) is 24.6 Å². The summed E-state index contributed by atoms with van der Waals surface area (Å²) < 4.78 is 11.0. The summed E-state index contributed by atoms with van der Waals surface area (Å²) in [5, 5.41) is 0.957. The number of carbonyl (C=O) groups is 1. The first-order valence-electron chi connectivity index (χ1n) is 6.83. The minimum absolute atomic E-state index is 0.0462. The Bertz CT molecular complexity index is 799. The van der Waals surface area contributed by atoms with E-state index in [0.717, 1.165) is 27.8 Å². The van der Waals surface area contributed by atoms with Gasteiger partial charge >= 0.3 is 0 Å². The smallest absolute Gasteiger partial charge is 0.202 e. The number of para-hydroxylation sites is 2. The normalized spacial score (nSPS) is 10.8. The van der Waals surface area contributed by atoms with Crippen molar-refractivity contribution in [1.29, 1.82) is 0 Å². The van der Waals surface area contributed by atoms with Crippen LogP contribution in [0.25, 0.3) is 11.0 Å². The zero-order valence-corrected chi connectivity index (χ0v) is 12.1. The Morgan fingerprint density at radius 2 is 1.95 bits per heavy atom. The summed E-state index contributed by atoms with van der Waals surface area (Å²) in [6, 6.07) is 15.2. The molecule has 0 aliphatic carbocycles. The van der Waals surface area contributed by atoms with Crippen molar-refractivity contribution >= 4 is 16.8 Å². The standard InChI is InChI=1S/C18H16O3/c1-12-6-5-8-14-11-17(21-18(12)14)15(19)10-13-7-3-4-9-16(13)20-2/h3-9,11H,10H2,1-2H3. The molecule has 3 nitrogen and oxygen atoms in total. The van der Waals surface area contributed by atoms with Gasteiger partial charge in [-0.15, -0.1) is 0 Å². The van der Waals surface area contributed by atoms with Gasteiger partial charge in [0.1, 0.15) is 11.3 Å². The minimum atomic E-state index is -0.0462. The molecule has 21 heavy (non-hydrogen) atoms. The van der Waals surface area contributed by atoms with Crippen molar-refractivity contribution in [2.24, 2.45) is 0 Å². The SMILES string of the molecule is COc1ccccc1CC(=O)c1cc2cccc(C)c2o1. The molecule has 3 aromatic rings. The average Bonchev–Trinajstić information content (AvgIpc) is 2.93. The number of furan rings is 1. The number of hydrogen-bond acceptors (Lipinski definition) is 3. The first-order chi connectivity index (χ1) is 10.2. The van der Waals surface area contributed by atoms with Crippen LogP contribution in [0.15, 0.2) is 52.9 Å². The van der Waals surface area contributed by atoms with Crippen LogP contribution in [0, 0.1) is 6.92 Å². The third kappa shape index (κ3) is 2.55. The Balaban J connectivity index is 1.92. The van der Waals surface area contributed by atoms with E-state index in [9.17, 15) is 4.79 Å². The van der Waals surface area contributed by atoms with Crippen LogP contribution >= 0.6 is 0 Å². The first-order valence-corrected chi connectivity index (χ1v) is 6.83. The summed E-state index contributed by atoms with van der Waals surface area (Å²) in [5.74, 6) is 1.07. The minimum Gasteiger partial charge on any atom is -0.496 e. The molecule has 3 heteroatoms. The fourth-order valence-corrected chi connectivity index (χ4v) is 2.46. The Morgan fingerprint density at radius 1 is 1.14 bits per heavy atom. The Labute approximate surface area is 123 Å². The molecule has 0 spiro atoms. The molecule has 0 N–H and O–H groups in total. The van der Waals surface area contributed by atoms with Gasteiger partial charge in [0, 0.05) is 17.4 Å². The lowest BCUT2D eigenvalue weighted by Crippen LogP contribution is -2.03. The monoisotopic (exact) mass is 280 g/mol. The molecule has 0 saturated heterocycles. The number of methoxy groups -OCH3 is 1. The van der Waals surface area contributed by atoms with Gasteiger partial charge in [0.05, 0.1) is 7.11 Å². The highest BCUT2D eigenvalue weighted by Gasteiger charge is 2.15. The van der Waals surface area contributed by atoms with Gasteiger partial charge in [-0.1, -0.05) is 36.4 Å². The fourth-order valence-electron chi connectivity index (χ4n) is 2.46. The number of rotatable bonds is 4. The summed E-state index contributed by atoms with van der Waals surface area (Å²) in [6.07, 6.45) is 0.267. The number of benzene rings is 2. The summed E-state index contributed by atoms with van der Waals surface area (Å²) in [4.78, 5) is 12.4. The van der Waals surface area contributed by atoms with Crippen LogP contribution in [-0.2, 0) is 6.42 Å². The maximum absolute atomic E-state index is 12.4. The first kappa shape index (κ1) is 13.4. The van der Waals surface area contributed by atoms with Gasteiger partial charge in [-0.3, -0.25) is 4.79 Å². The number of ketones is 1. The van der Waals surface area contributed by atoms with E-state index in [1.807, 2.05) is 49.4 Å². The van der Waals surface area contributed by atoms with Crippen molar-refractivity contribution in [3.05, 3.63) is 65.4 Å². The lowest BCUT2D eigenvalue weighted by Gasteiger charge is -2.06. The van der Waals surface area contributed by atoms with Crippen molar-refractivity contribution in [1.82, 2.24) is 0 Å². The summed E-state index contributed by atoms with van der Waals surface area (Å²) in [7, 11) is 1.61. The van der Waals surface area contributed by atoms with E-state index in [-0.39, 0.29) is 12.2 Å². The van der Waals surface area contributed by atoms with Crippen LogP contribution in [0.4, 0.5) is 0 Å². The zero-order valence-electron chi connectivity index (χ0n) is 12.1. The summed E-state index contributed by atoms with van der Waals surface area (Å²) in [6.45, 7) is 1.97. The van der Waals surface area contributed by atoms with E-state index >= 15 is 0 Å². The molecule has 0 aliphatic rings. The fraction of sp³-hybridized carbons (Fsp3) is 0.167. The Morgan fingerprint density at radius 3 is 2.71 bits per heavy atom. The molecule has 0 amide bonds. The van der Waals surface area contributed by atoms with Gasteiger partial charge in [-0.25, -0.2) is 0 Å². The molecule has 3 rings (SSSR count). The third-order valence-corrected chi connectivity index (χ3v) is 3.56. The van der Waals surface area contributed by atoms with Gasteiger partial charge in [-0.2, -0.15) is 0 Å². The van der Waals surface area contributed by atoms with Gasteiger partial charge in [0.15, 0.2) is 5.76 Å². The van der Waals surface area contributed by atoms with E-state index in [1.54, 1.807) is 13.2 Å².